The van der Waals surface area contributed by atoms with Crippen molar-refractivity contribution in [1.82, 2.24) is 20.5 Å². The van der Waals surface area contributed by atoms with Gasteiger partial charge in [0.05, 0.1) is 6.54 Å². The number of likely N-dealkylation sites (tertiary alicyclic amines) is 1. The van der Waals surface area contributed by atoms with E-state index in [0.29, 0.717) is 12.5 Å². The summed E-state index contributed by atoms with van der Waals surface area (Å²) in [6.07, 6.45) is 2.90. The highest BCUT2D eigenvalue weighted by molar-refractivity contribution is 5.95. The van der Waals surface area contributed by atoms with Gasteiger partial charge in [-0.25, -0.2) is 4.79 Å². The van der Waals surface area contributed by atoms with Crippen LogP contribution in [0.15, 0.2) is 24.3 Å². The van der Waals surface area contributed by atoms with Crippen LogP contribution in [-0.4, -0.2) is 48.0 Å². The zero-order valence-electron chi connectivity index (χ0n) is 15.6. The van der Waals surface area contributed by atoms with Gasteiger partial charge in [-0.15, -0.1) is 0 Å². The Morgan fingerprint density at radius 2 is 1.96 bits per heavy atom. The molecule has 0 aliphatic carbocycles. The monoisotopic (exact) mass is 356 g/mol. The fourth-order valence-electron chi connectivity index (χ4n) is 3.86. The average Bonchev–Trinajstić information content (AvgIpc) is 2.96. The Morgan fingerprint density at radius 1 is 1.23 bits per heavy atom. The molecule has 2 aromatic rings. The van der Waals surface area contributed by atoms with E-state index in [1.165, 1.54) is 22.2 Å². The number of amides is 3. The molecule has 3 N–H and O–H groups in total. The lowest BCUT2D eigenvalue weighted by Gasteiger charge is -2.31. The Kier molecular flexibility index (Phi) is 5.93. The maximum absolute atomic E-state index is 12.0. The summed E-state index contributed by atoms with van der Waals surface area (Å²) in [5, 5.41) is 6.37. The highest BCUT2D eigenvalue weighted by atomic mass is 16.2. The molecule has 1 aromatic carbocycles. The summed E-state index contributed by atoms with van der Waals surface area (Å²) in [6, 6.07) is 8.04. The van der Waals surface area contributed by atoms with E-state index in [-0.39, 0.29) is 12.5 Å². The molecule has 3 amide bonds. The minimum atomic E-state index is -0.402. The molecule has 140 valence electrons. The van der Waals surface area contributed by atoms with Gasteiger partial charge in [0.25, 0.3) is 0 Å². The van der Waals surface area contributed by atoms with Crippen LogP contribution in [0.1, 0.15) is 43.4 Å². The molecular formula is C20H28N4O2. The Balaban J connectivity index is 1.53. The Morgan fingerprint density at radius 3 is 2.69 bits per heavy atom. The van der Waals surface area contributed by atoms with E-state index in [2.05, 4.69) is 51.7 Å². The fourth-order valence-corrected chi connectivity index (χ4v) is 3.86. The first-order valence-electron chi connectivity index (χ1n) is 9.45. The molecule has 1 saturated heterocycles. The maximum atomic E-state index is 12.0. The minimum absolute atomic E-state index is 0.236. The number of hydrogen-bond acceptors (Lipinski definition) is 3. The number of piperidine rings is 1. The molecule has 3 rings (SSSR count). The van der Waals surface area contributed by atoms with Crippen LogP contribution in [0.3, 0.4) is 0 Å². The van der Waals surface area contributed by atoms with E-state index in [1.54, 1.807) is 0 Å². The van der Waals surface area contributed by atoms with Crippen LogP contribution >= 0.6 is 0 Å². The number of nitrogens with zero attached hydrogens (tertiary/aromatic N) is 1. The van der Waals surface area contributed by atoms with Crippen molar-refractivity contribution in [3.8, 4) is 0 Å². The third-order valence-electron chi connectivity index (χ3n) is 5.09. The third-order valence-corrected chi connectivity index (χ3v) is 5.09. The van der Waals surface area contributed by atoms with Crippen LogP contribution in [0.25, 0.3) is 10.9 Å². The molecule has 0 spiro atoms. The van der Waals surface area contributed by atoms with Gasteiger partial charge in [-0.1, -0.05) is 25.1 Å². The van der Waals surface area contributed by atoms with Gasteiger partial charge in [-0.2, -0.15) is 0 Å². The van der Waals surface area contributed by atoms with Crippen molar-refractivity contribution in [3.63, 3.8) is 0 Å². The lowest BCUT2D eigenvalue weighted by Crippen LogP contribution is -2.46. The Labute approximate surface area is 154 Å². The summed E-state index contributed by atoms with van der Waals surface area (Å²) in [5.74, 6) is 0.277. The van der Waals surface area contributed by atoms with Crippen molar-refractivity contribution >= 4 is 22.8 Å². The normalized spacial score (nSPS) is 15.9. The molecule has 0 bridgehead atoms. The van der Waals surface area contributed by atoms with E-state index in [0.717, 1.165) is 32.4 Å². The van der Waals surface area contributed by atoms with E-state index in [4.69, 9.17) is 0 Å². The molecule has 1 aliphatic heterocycles. The molecule has 6 nitrogen and oxygen atoms in total. The van der Waals surface area contributed by atoms with Gasteiger partial charge in [0, 0.05) is 23.1 Å². The SMILES string of the molecule is CCCNC(=O)NC(=O)CN1CCC(c2c(C)[nH]c3ccccc23)CC1. The number of carbonyl (C=O) groups excluding carboxylic acids is 2. The number of aromatic nitrogens is 1. The Bertz CT molecular complexity index is 775. The quantitative estimate of drug-likeness (QED) is 0.771. The number of aryl methyl sites for hydroxylation is 1. The number of urea groups is 1. The predicted molar refractivity (Wildman–Crippen MR) is 103 cm³/mol. The molecular weight excluding hydrogens is 328 g/mol. The molecule has 0 saturated carbocycles. The molecule has 1 aliphatic rings. The molecule has 0 radical (unpaired) electrons. The molecule has 0 atom stereocenters. The fraction of sp³-hybridized carbons (Fsp3) is 0.500. The first kappa shape index (κ1) is 18.5. The number of benzene rings is 1. The number of fused-ring (bicyclic) bond motifs is 1. The molecule has 0 unspecified atom stereocenters. The van der Waals surface area contributed by atoms with Gasteiger partial charge in [0.15, 0.2) is 0 Å². The second-order valence-corrected chi connectivity index (χ2v) is 7.06. The van der Waals surface area contributed by atoms with Crippen molar-refractivity contribution in [2.24, 2.45) is 0 Å². The molecule has 6 heteroatoms. The highest BCUT2D eigenvalue weighted by Gasteiger charge is 2.25. The molecule has 1 aromatic heterocycles. The van der Waals surface area contributed by atoms with Crippen LogP contribution in [0, 0.1) is 6.92 Å². The van der Waals surface area contributed by atoms with E-state index in [9.17, 15) is 9.59 Å². The van der Waals surface area contributed by atoms with Crippen molar-refractivity contribution in [1.29, 1.82) is 0 Å². The largest absolute Gasteiger partial charge is 0.358 e. The van der Waals surface area contributed by atoms with Crippen molar-refractivity contribution in [2.75, 3.05) is 26.2 Å². The first-order valence-corrected chi connectivity index (χ1v) is 9.45. The summed E-state index contributed by atoms with van der Waals surface area (Å²) in [6.45, 7) is 6.71. The van der Waals surface area contributed by atoms with Gasteiger partial charge < -0.3 is 10.3 Å². The average molecular weight is 356 g/mol. The van der Waals surface area contributed by atoms with Gasteiger partial charge in [-0.05, 0) is 56.8 Å². The van der Waals surface area contributed by atoms with Crippen molar-refractivity contribution in [2.45, 2.75) is 39.0 Å². The second-order valence-electron chi connectivity index (χ2n) is 7.06. The third kappa shape index (κ3) is 4.25. The van der Waals surface area contributed by atoms with E-state index >= 15 is 0 Å². The van der Waals surface area contributed by atoms with Gasteiger partial charge in [0.2, 0.25) is 5.91 Å². The summed E-state index contributed by atoms with van der Waals surface area (Å²) < 4.78 is 0. The number of rotatable bonds is 5. The van der Waals surface area contributed by atoms with Crippen LogP contribution in [-0.2, 0) is 4.79 Å². The van der Waals surface area contributed by atoms with Crippen molar-refractivity contribution < 1.29 is 9.59 Å². The van der Waals surface area contributed by atoms with Crippen LogP contribution in [0.2, 0.25) is 0 Å². The summed E-state index contributed by atoms with van der Waals surface area (Å²) >= 11 is 0. The number of imide groups is 1. The first-order chi connectivity index (χ1) is 12.6. The lowest BCUT2D eigenvalue weighted by atomic mass is 9.87. The number of H-pyrrole nitrogens is 1. The number of hydrogen-bond donors (Lipinski definition) is 3. The molecule has 26 heavy (non-hydrogen) atoms. The van der Waals surface area contributed by atoms with Gasteiger partial charge in [-0.3, -0.25) is 15.0 Å². The van der Waals surface area contributed by atoms with Gasteiger partial charge in [0.1, 0.15) is 0 Å². The number of carbonyl (C=O) groups is 2. The zero-order chi connectivity index (χ0) is 18.5. The summed E-state index contributed by atoms with van der Waals surface area (Å²) in [5.41, 5.74) is 3.86. The minimum Gasteiger partial charge on any atom is -0.358 e. The predicted octanol–water partition coefficient (Wildman–Crippen LogP) is 2.89. The van der Waals surface area contributed by atoms with E-state index < -0.39 is 6.03 Å². The van der Waals surface area contributed by atoms with Crippen LogP contribution < -0.4 is 10.6 Å². The number of nitrogens with one attached hydrogen (secondary N) is 3. The Hall–Kier alpha value is -2.34. The van der Waals surface area contributed by atoms with Crippen molar-refractivity contribution in [3.05, 3.63) is 35.5 Å². The summed E-state index contributed by atoms with van der Waals surface area (Å²) in [4.78, 5) is 29.2. The number of para-hydroxylation sites is 1. The smallest absolute Gasteiger partial charge is 0.321 e. The lowest BCUT2D eigenvalue weighted by molar-refractivity contribution is -0.121. The van der Waals surface area contributed by atoms with Crippen LogP contribution in [0.4, 0.5) is 4.79 Å². The summed E-state index contributed by atoms with van der Waals surface area (Å²) in [7, 11) is 0. The highest BCUT2D eigenvalue weighted by Crippen LogP contribution is 2.35. The van der Waals surface area contributed by atoms with Gasteiger partial charge >= 0.3 is 6.03 Å². The second kappa shape index (κ2) is 8.36. The zero-order valence-corrected chi connectivity index (χ0v) is 15.6. The maximum Gasteiger partial charge on any atom is 0.321 e. The van der Waals surface area contributed by atoms with Crippen LogP contribution in [0.5, 0.6) is 0 Å². The topological polar surface area (TPSA) is 77.2 Å². The molecule has 2 heterocycles. The molecule has 1 fully saturated rings. The standard InChI is InChI=1S/C20H28N4O2/c1-3-10-21-20(26)23-18(25)13-24-11-8-15(9-12-24)19-14(2)22-17-7-5-4-6-16(17)19/h4-7,15,22H,3,8-13H2,1-2H3,(H2,21,23,25,26). The number of aromatic amines is 1. The van der Waals surface area contributed by atoms with E-state index in [1.807, 2.05) is 6.92 Å².